The Hall–Kier alpha value is -2.02. The summed E-state index contributed by atoms with van der Waals surface area (Å²) in [7, 11) is 2.03. The molecule has 0 amide bonds. The standard InChI is InChI=1S/C12H14N6S/c1-8-10(19-7-15-8)3-4-18(2)12-9-5-16-17-11(9)13-6-14-12/h5-7H,3-4H2,1-2H3,(H,13,14,16,17). The van der Waals surface area contributed by atoms with Gasteiger partial charge in [0.1, 0.15) is 12.1 Å². The van der Waals surface area contributed by atoms with Gasteiger partial charge in [-0.1, -0.05) is 0 Å². The molecule has 0 atom stereocenters. The summed E-state index contributed by atoms with van der Waals surface area (Å²) in [5.74, 6) is 0.904. The first kappa shape index (κ1) is 12.0. The van der Waals surface area contributed by atoms with E-state index >= 15 is 0 Å². The highest BCUT2D eigenvalue weighted by Crippen LogP contribution is 2.20. The molecule has 6 nitrogen and oxygen atoms in total. The van der Waals surface area contributed by atoms with E-state index in [0.29, 0.717) is 0 Å². The Labute approximate surface area is 114 Å². The van der Waals surface area contributed by atoms with E-state index in [-0.39, 0.29) is 0 Å². The third kappa shape index (κ3) is 2.28. The molecule has 19 heavy (non-hydrogen) atoms. The normalized spacial score (nSPS) is 11.1. The summed E-state index contributed by atoms with van der Waals surface area (Å²) in [4.78, 5) is 16.2. The predicted octanol–water partition coefficient (Wildman–Crippen LogP) is 1.80. The van der Waals surface area contributed by atoms with Crippen LogP contribution in [0.15, 0.2) is 18.0 Å². The number of nitrogens with zero attached hydrogens (tertiary/aromatic N) is 5. The topological polar surface area (TPSA) is 70.6 Å². The van der Waals surface area contributed by atoms with Gasteiger partial charge in [-0.15, -0.1) is 11.3 Å². The van der Waals surface area contributed by atoms with E-state index in [1.807, 2.05) is 19.5 Å². The van der Waals surface area contributed by atoms with Crippen LogP contribution < -0.4 is 4.90 Å². The molecular weight excluding hydrogens is 260 g/mol. The lowest BCUT2D eigenvalue weighted by Crippen LogP contribution is -2.21. The first-order valence-corrected chi connectivity index (χ1v) is 6.88. The lowest BCUT2D eigenvalue weighted by molar-refractivity contribution is 0.864. The van der Waals surface area contributed by atoms with E-state index in [4.69, 9.17) is 0 Å². The highest BCUT2D eigenvalue weighted by Gasteiger charge is 2.11. The summed E-state index contributed by atoms with van der Waals surface area (Å²) in [6.07, 6.45) is 4.29. The summed E-state index contributed by atoms with van der Waals surface area (Å²) in [5, 5.41) is 7.81. The molecule has 3 heterocycles. The highest BCUT2D eigenvalue weighted by atomic mass is 32.1. The number of anilines is 1. The molecule has 3 aromatic rings. The maximum Gasteiger partial charge on any atom is 0.160 e. The minimum absolute atomic E-state index is 0.769. The molecule has 0 aliphatic carbocycles. The molecule has 0 aliphatic rings. The Kier molecular flexibility index (Phi) is 3.12. The number of thiazole rings is 1. The van der Waals surface area contributed by atoms with Crippen molar-refractivity contribution in [3.05, 3.63) is 28.6 Å². The lowest BCUT2D eigenvalue weighted by Gasteiger charge is -2.18. The molecule has 0 saturated heterocycles. The summed E-state index contributed by atoms with van der Waals surface area (Å²) in [6, 6.07) is 0. The van der Waals surface area contributed by atoms with Crippen molar-refractivity contribution in [2.24, 2.45) is 0 Å². The van der Waals surface area contributed by atoms with Crippen LogP contribution in [-0.2, 0) is 6.42 Å². The van der Waals surface area contributed by atoms with Gasteiger partial charge in [-0.25, -0.2) is 15.0 Å². The third-order valence-corrected chi connectivity index (χ3v) is 4.10. The number of nitrogens with one attached hydrogen (secondary N) is 1. The number of H-pyrrole nitrogens is 1. The van der Waals surface area contributed by atoms with E-state index in [1.165, 1.54) is 4.88 Å². The zero-order chi connectivity index (χ0) is 13.2. The van der Waals surface area contributed by atoms with Gasteiger partial charge in [-0.05, 0) is 6.92 Å². The van der Waals surface area contributed by atoms with Crippen molar-refractivity contribution in [3.63, 3.8) is 0 Å². The first-order valence-electron chi connectivity index (χ1n) is 6.00. The van der Waals surface area contributed by atoms with Gasteiger partial charge in [0.15, 0.2) is 5.65 Å². The van der Waals surface area contributed by atoms with Gasteiger partial charge in [0, 0.05) is 24.9 Å². The second-order valence-corrected chi connectivity index (χ2v) is 5.30. The molecule has 0 saturated carbocycles. The van der Waals surface area contributed by atoms with E-state index in [0.717, 1.165) is 35.5 Å². The number of likely N-dealkylation sites (N-methyl/N-ethyl adjacent to an activating group) is 1. The molecule has 3 rings (SSSR count). The Morgan fingerprint density at radius 2 is 2.21 bits per heavy atom. The van der Waals surface area contributed by atoms with Gasteiger partial charge in [0.2, 0.25) is 0 Å². The summed E-state index contributed by atoms with van der Waals surface area (Å²) in [6.45, 7) is 2.94. The molecule has 98 valence electrons. The number of rotatable bonds is 4. The third-order valence-electron chi connectivity index (χ3n) is 3.11. The number of hydrogen-bond donors (Lipinski definition) is 1. The molecule has 0 bridgehead atoms. The van der Waals surface area contributed by atoms with Gasteiger partial charge in [0.05, 0.1) is 22.8 Å². The minimum atomic E-state index is 0.769. The van der Waals surface area contributed by atoms with Gasteiger partial charge < -0.3 is 4.90 Å². The molecule has 3 aromatic heterocycles. The number of aryl methyl sites for hydroxylation is 1. The second-order valence-electron chi connectivity index (χ2n) is 4.36. The maximum absolute atomic E-state index is 4.34. The van der Waals surface area contributed by atoms with E-state index in [9.17, 15) is 0 Å². The van der Waals surface area contributed by atoms with Crippen LogP contribution in [-0.4, -0.2) is 38.7 Å². The highest BCUT2D eigenvalue weighted by molar-refractivity contribution is 7.09. The smallest absolute Gasteiger partial charge is 0.160 e. The van der Waals surface area contributed by atoms with Gasteiger partial charge in [-0.3, -0.25) is 5.10 Å². The van der Waals surface area contributed by atoms with Crippen molar-refractivity contribution >= 4 is 28.2 Å². The summed E-state index contributed by atoms with van der Waals surface area (Å²) in [5.41, 5.74) is 3.78. The SMILES string of the molecule is Cc1ncsc1CCN(C)c1ncnc2[nH]ncc12. The van der Waals surface area contributed by atoms with E-state index in [1.54, 1.807) is 23.9 Å². The quantitative estimate of drug-likeness (QED) is 0.785. The van der Waals surface area contributed by atoms with Crippen LogP contribution in [0.5, 0.6) is 0 Å². The zero-order valence-corrected chi connectivity index (χ0v) is 11.6. The molecule has 0 aliphatic heterocycles. The van der Waals surface area contributed by atoms with Crippen LogP contribution in [0, 0.1) is 6.92 Å². The minimum Gasteiger partial charge on any atom is -0.359 e. The molecule has 1 N–H and O–H groups in total. The van der Waals surface area contributed by atoms with Crippen molar-refractivity contribution in [1.82, 2.24) is 25.1 Å². The van der Waals surface area contributed by atoms with Crippen LogP contribution in [0.4, 0.5) is 5.82 Å². The fourth-order valence-corrected chi connectivity index (χ4v) is 2.77. The molecular formula is C12H14N6S. The van der Waals surface area contributed by atoms with Crippen molar-refractivity contribution in [1.29, 1.82) is 0 Å². The van der Waals surface area contributed by atoms with Crippen LogP contribution in [0.25, 0.3) is 11.0 Å². The van der Waals surface area contributed by atoms with Crippen LogP contribution in [0.1, 0.15) is 10.6 Å². The fraction of sp³-hybridized carbons (Fsp3) is 0.333. The Morgan fingerprint density at radius 3 is 3.00 bits per heavy atom. The Bertz CT molecular complexity index is 688. The maximum atomic E-state index is 4.34. The molecule has 0 fully saturated rings. The molecule has 7 heteroatoms. The number of aromatic amines is 1. The van der Waals surface area contributed by atoms with Crippen molar-refractivity contribution in [3.8, 4) is 0 Å². The van der Waals surface area contributed by atoms with Crippen LogP contribution in [0.3, 0.4) is 0 Å². The Balaban J connectivity index is 1.79. The monoisotopic (exact) mass is 274 g/mol. The number of hydrogen-bond acceptors (Lipinski definition) is 6. The lowest BCUT2D eigenvalue weighted by atomic mass is 10.3. The van der Waals surface area contributed by atoms with Crippen molar-refractivity contribution in [2.75, 3.05) is 18.5 Å². The van der Waals surface area contributed by atoms with Crippen molar-refractivity contribution in [2.45, 2.75) is 13.3 Å². The zero-order valence-electron chi connectivity index (χ0n) is 10.8. The van der Waals surface area contributed by atoms with Gasteiger partial charge >= 0.3 is 0 Å². The fourth-order valence-electron chi connectivity index (χ4n) is 2.00. The summed E-state index contributed by atoms with van der Waals surface area (Å²) >= 11 is 1.70. The van der Waals surface area contributed by atoms with Gasteiger partial charge in [0.25, 0.3) is 0 Å². The molecule has 0 radical (unpaired) electrons. The largest absolute Gasteiger partial charge is 0.359 e. The van der Waals surface area contributed by atoms with Crippen LogP contribution in [0.2, 0.25) is 0 Å². The summed E-state index contributed by atoms with van der Waals surface area (Å²) < 4.78 is 0. The average molecular weight is 274 g/mol. The molecule has 0 aromatic carbocycles. The van der Waals surface area contributed by atoms with Gasteiger partial charge in [-0.2, -0.15) is 5.10 Å². The Morgan fingerprint density at radius 1 is 1.32 bits per heavy atom. The second kappa shape index (κ2) is 4.93. The van der Waals surface area contributed by atoms with Crippen LogP contribution >= 0.6 is 11.3 Å². The molecule has 0 unspecified atom stereocenters. The van der Waals surface area contributed by atoms with E-state index in [2.05, 4.69) is 30.0 Å². The average Bonchev–Trinajstić information content (AvgIpc) is 3.04. The number of aromatic nitrogens is 5. The predicted molar refractivity (Wildman–Crippen MR) is 75.5 cm³/mol. The molecule has 0 spiro atoms. The number of fused-ring (bicyclic) bond motifs is 1. The first-order chi connectivity index (χ1) is 9.25. The van der Waals surface area contributed by atoms with Crippen molar-refractivity contribution < 1.29 is 0 Å². The van der Waals surface area contributed by atoms with E-state index < -0.39 is 0 Å².